The minimum atomic E-state index is 0.105. The number of nitrogens with zero attached hydrogens (tertiary/aromatic N) is 3. The number of benzene rings is 1. The van der Waals surface area contributed by atoms with Crippen molar-refractivity contribution in [3.8, 4) is 0 Å². The lowest BCUT2D eigenvalue weighted by atomic mass is 9.81. The molecule has 2 amide bonds. The highest BCUT2D eigenvalue weighted by Gasteiger charge is 2.35. The topological polar surface area (TPSA) is 66.7 Å². The van der Waals surface area contributed by atoms with E-state index in [9.17, 15) is 9.59 Å². The van der Waals surface area contributed by atoms with E-state index in [2.05, 4.69) is 34.3 Å². The van der Waals surface area contributed by atoms with E-state index in [1.165, 1.54) is 5.56 Å². The third kappa shape index (κ3) is 5.22. The number of hydrogen-bond acceptors (Lipinski definition) is 4. The Balaban J connectivity index is 1.31. The van der Waals surface area contributed by atoms with Gasteiger partial charge in [0.15, 0.2) is 0 Å². The number of piperidine rings is 1. The lowest BCUT2D eigenvalue weighted by molar-refractivity contribution is -0.138. The highest BCUT2D eigenvalue weighted by atomic mass is 16.5. The Labute approximate surface area is 190 Å². The molecule has 0 N–H and O–H groups in total. The minimum absolute atomic E-state index is 0.105. The standard InChI is InChI=1S/C26H35N3O3/c1-19-24(20(2)32-27-19)18-25(30)28-16-12-22(13-17-28)23-10-6-7-14-29(26(23)31)15-11-21-8-4-3-5-9-21/h3-5,8-9,22-23H,6-7,10-18H2,1-2H3/t23-/m0/s1. The quantitative estimate of drug-likeness (QED) is 0.686. The minimum Gasteiger partial charge on any atom is -0.361 e. The molecule has 0 radical (unpaired) electrons. The Morgan fingerprint density at radius 1 is 1.06 bits per heavy atom. The van der Waals surface area contributed by atoms with E-state index < -0.39 is 0 Å². The Hall–Kier alpha value is -2.63. The molecule has 2 aliphatic rings. The number of carbonyl (C=O) groups excluding carboxylic acids is 2. The van der Waals surface area contributed by atoms with Crippen molar-refractivity contribution in [1.82, 2.24) is 15.0 Å². The predicted molar refractivity (Wildman–Crippen MR) is 123 cm³/mol. The summed E-state index contributed by atoms with van der Waals surface area (Å²) in [5.74, 6) is 1.68. The van der Waals surface area contributed by atoms with Crippen LogP contribution in [0.2, 0.25) is 0 Å². The zero-order valence-corrected chi connectivity index (χ0v) is 19.4. The van der Waals surface area contributed by atoms with Gasteiger partial charge in [-0.05, 0) is 57.4 Å². The number of amides is 2. The zero-order chi connectivity index (χ0) is 22.5. The third-order valence-corrected chi connectivity index (χ3v) is 7.31. The van der Waals surface area contributed by atoms with Crippen LogP contribution in [0, 0.1) is 25.7 Å². The van der Waals surface area contributed by atoms with Crippen LogP contribution in [0.3, 0.4) is 0 Å². The Kier molecular flexibility index (Phi) is 7.28. The van der Waals surface area contributed by atoms with Crippen molar-refractivity contribution in [2.45, 2.75) is 58.8 Å². The number of aromatic nitrogens is 1. The summed E-state index contributed by atoms with van der Waals surface area (Å²) < 4.78 is 5.20. The lowest BCUT2D eigenvalue weighted by Gasteiger charge is -2.36. The van der Waals surface area contributed by atoms with Crippen LogP contribution in [0.5, 0.6) is 0 Å². The summed E-state index contributed by atoms with van der Waals surface area (Å²) in [6, 6.07) is 10.4. The van der Waals surface area contributed by atoms with Crippen molar-refractivity contribution in [2.75, 3.05) is 26.2 Å². The van der Waals surface area contributed by atoms with Crippen molar-refractivity contribution in [1.29, 1.82) is 0 Å². The molecule has 2 fully saturated rings. The van der Waals surface area contributed by atoms with Crippen LogP contribution >= 0.6 is 0 Å². The molecule has 4 rings (SSSR count). The normalized spacial score (nSPS) is 20.4. The fourth-order valence-corrected chi connectivity index (χ4v) is 5.27. The van der Waals surface area contributed by atoms with Crippen LogP contribution in [-0.4, -0.2) is 52.9 Å². The van der Waals surface area contributed by atoms with E-state index in [1.54, 1.807) is 0 Å². The van der Waals surface area contributed by atoms with Gasteiger partial charge in [0.1, 0.15) is 5.76 Å². The SMILES string of the molecule is Cc1noc(C)c1CC(=O)N1CCC([C@@H]2CCCCN(CCc3ccccc3)C2=O)CC1. The summed E-state index contributed by atoms with van der Waals surface area (Å²) in [4.78, 5) is 30.3. The maximum absolute atomic E-state index is 13.4. The molecule has 0 bridgehead atoms. The van der Waals surface area contributed by atoms with E-state index in [-0.39, 0.29) is 11.8 Å². The van der Waals surface area contributed by atoms with Crippen molar-refractivity contribution in [2.24, 2.45) is 11.8 Å². The van der Waals surface area contributed by atoms with Crippen LogP contribution in [0.4, 0.5) is 0 Å². The molecular formula is C26H35N3O3. The average molecular weight is 438 g/mol. The summed E-state index contributed by atoms with van der Waals surface area (Å²) in [6.45, 7) is 6.88. The van der Waals surface area contributed by atoms with E-state index in [4.69, 9.17) is 4.52 Å². The summed E-state index contributed by atoms with van der Waals surface area (Å²) in [5, 5.41) is 3.96. The van der Waals surface area contributed by atoms with E-state index in [0.717, 1.165) is 81.7 Å². The van der Waals surface area contributed by atoms with Gasteiger partial charge in [-0.25, -0.2) is 0 Å². The summed E-state index contributed by atoms with van der Waals surface area (Å²) >= 11 is 0. The molecule has 32 heavy (non-hydrogen) atoms. The van der Waals surface area contributed by atoms with Gasteiger partial charge in [-0.1, -0.05) is 41.9 Å². The predicted octanol–water partition coefficient (Wildman–Crippen LogP) is 3.94. The Morgan fingerprint density at radius 3 is 2.50 bits per heavy atom. The highest BCUT2D eigenvalue weighted by Crippen LogP contribution is 2.32. The monoisotopic (exact) mass is 437 g/mol. The molecule has 1 aromatic heterocycles. The van der Waals surface area contributed by atoms with Gasteiger partial charge in [0.2, 0.25) is 11.8 Å². The van der Waals surface area contributed by atoms with Crippen LogP contribution in [0.1, 0.15) is 54.7 Å². The molecule has 0 spiro atoms. The van der Waals surface area contributed by atoms with Gasteiger partial charge in [-0.15, -0.1) is 0 Å². The van der Waals surface area contributed by atoms with Gasteiger partial charge >= 0.3 is 0 Å². The molecule has 1 atom stereocenters. The molecule has 2 aliphatic heterocycles. The number of carbonyl (C=O) groups is 2. The second-order valence-electron chi connectivity index (χ2n) is 9.36. The Morgan fingerprint density at radius 2 is 1.81 bits per heavy atom. The average Bonchev–Trinajstić information content (AvgIpc) is 3.01. The Bertz CT molecular complexity index is 896. The first-order chi connectivity index (χ1) is 15.5. The first-order valence-electron chi connectivity index (χ1n) is 12.0. The summed E-state index contributed by atoms with van der Waals surface area (Å²) in [7, 11) is 0. The van der Waals surface area contributed by atoms with Crippen LogP contribution in [0.15, 0.2) is 34.9 Å². The molecule has 0 aliphatic carbocycles. The highest BCUT2D eigenvalue weighted by molar-refractivity contribution is 5.80. The van der Waals surface area contributed by atoms with Crippen molar-refractivity contribution < 1.29 is 14.1 Å². The largest absolute Gasteiger partial charge is 0.361 e. The second kappa shape index (κ2) is 10.3. The number of hydrogen-bond donors (Lipinski definition) is 0. The summed E-state index contributed by atoms with van der Waals surface area (Å²) in [5.41, 5.74) is 2.99. The molecule has 2 aromatic rings. The molecular weight excluding hydrogens is 402 g/mol. The molecule has 172 valence electrons. The van der Waals surface area contributed by atoms with Crippen molar-refractivity contribution in [3.63, 3.8) is 0 Å². The molecule has 0 unspecified atom stereocenters. The van der Waals surface area contributed by atoms with Gasteiger partial charge in [-0.2, -0.15) is 0 Å². The van der Waals surface area contributed by atoms with Gasteiger partial charge < -0.3 is 14.3 Å². The number of rotatable bonds is 6. The molecule has 0 saturated carbocycles. The van der Waals surface area contributed by atoms with Crippen molar-refractivity contribution in [3.05, 3.63) is 52.9 Å². The fourth-order valence-electron chi connectivity index (χ4n) is 5.27. The fraction of sp³-hybridized carbons (Fsp3) is 0.577. The molecule has 3 heterocycles. The van der Waals surface area contributed by atoms with Crippen LogP contribution in [-0.2, 0) is 22.4 Å². The molecule has 6 heteroatoms. The van der Waals surface area contributed by atoms with E-state index in [0.29, 0.717) is 18.2 Å². The van der Waals surface area contributed by atoms with Gasteiger partial charge in [0, 0.05) is 37.7 Å². The summed E-state index contributed by atoms with van der Waals surface area (Å²) in [6.07, 6.45) is 6.27. The number of likely N-dealkylation sites (tertiary alicyclic amines) is 2. The maximum Gasteiger partial charge on any atom is 0.227 e. The maximum atomic E-state index is 13.4. The van der Waals surface area contributed by atoms with Crippen LogP contribution in [0.25, 0.3) is 0 Å². The van der Waals surface area contributed by atoms with Gasteiger partial charge in [0.05, 0.1) is 12.1 Å². The van der Waals surface area contributed by atoms with Crippen LogP contribution < -0.4 is 0 Å². The molecule has 6 nitrogen and oxygen atoms in total. The lowest BCUT2D eigenvalue weighted by Crippen LogP contribution is -2.44. The first-order valence-corrected chi connectivity index (χ1v) is 12.0. The van der Waals surface area contributed by atoms with Crippen molar-refractivity contribution >= 4 is 11.8 Å². The number of aryl methyl sites for hydroxylation is 2. The van der Waals surface area contributed by atoms with Gasteiger partial charge in [0.25, 0.3) is 0 Å². The zero-order valence-electron chi connectivity index (χ0n) is 19.4. The second-order valence-corrected chi connectivity index (χ2v) is 9.36. The molecule has 1 aromatic carbocycles. The van der Waals surface area contributed by atoms with E-state index in [1.807, 2.05) is 24.8 Å². The smallest absolute Gasteiger partial charge is 0.227 e. The molecule has 2 saturated heterocycles. The first kappa shape index (κ1) is 22.6. The third-order valence-electron chi connectivity index (χ3n) is 7.31. The van der Waals surface area contributed by atoms with E-state index >= 15 is 0 Å². The van der Waals surface area contributed by atoms with Gasteiger partial charge in [-0.3, -0.25) is 9.59 Å².